The standard InChI is InChI=1S/C39H66O6/c1-4-5-23-29-36(41)30-25-20-16-12-7-6-8-13-17-21-26-31-38(42)44-34-37(33-40)45-39(43)32-27-22-18-14-10-9-11-15-19-24-28-35(2)3/h6-7,13,16-17,20,25,30,35,37,40H,4-5,8-12,14-15,18-19,21-24,26-29,31-34H2,1-3H3/b7-6-,17-13-,20-16-,30-25+/t37-/m0/s1. The predicted octanol–water partition coefficient (Wildman–Crippen LogP) is 10.1. The van der Waals surface area contributed by atoms with E-state index in [2.05, 4.69) is 45.1 Å². The lowest BCUT2D eigenvalue weighted by Gasteiger charge is -2.15. The molecule has 6 heteroatoms. The van der Waals surface area contributed by atoms with E-state index in [-0.39, 0.29) is 37.4 Å². The molecule has 0 saturated heterocycles. The number of aliphatic hydroxyl groups is 1. The van der Waals surface area contributed by atoms with Gasteiger partial charge in [0.25, 0.3) is 0 Å². The van der Waals surface area contributed by atoms with Crippen molar-refractivity contribution in [2.24, 2.45) is 5.92 Å². The average Bonchev–Trinajstić information content (AvgIpc) is 3.01. The minimum absolute atomic E-state index is 0.112. The van der Waals surface area contributed by atoms with Gasteiger partial charge in [-0.3, -0.25) is 14.4 Å². The summed E-state index contributed by atoms with van der Waals surface area (Å²) in [6, 6.07) is 0. The van der Waals surface area contributed by atoms with Crippen LogP contribution in [0.5, 0.6) is 0 Å². The first-order chi connectivity index (χ1) is 21.9. The minimum atomic E-state index is -0.808. The molecule has 1 atom stereocenters. The van der Waals surface area contributed by atoms with Crippen LogP contribution in [0.2, 0.25) is 0 Å². The molecule has 0 rings (SSSR count). The number of carbonyl (C=O) groups excluding carboxylic acids is 3. The van der Waals surface area contributed by atoms with Crippen LogP contribution in [0.25, 0.3) is 0 Å². The number of hydrogen-bond acceptors (Lipinski definition) is 6. The zero-order valence-corrected chi connectivity index (χ0v) is 29.0. The van der Waals surface area contributed by atoms with E-state index < -0.39 is 6.10 Å². The maximum absolute atomic E-state index is 12.1. The molecule has 0 aliphatic carbocycles. The highest BCUT2D eigenvalue weighted by Crippen LogP contribution is 2.14. The lowest BCUT2D eigenvalue weighted by atomic mass is 10.0. The van der Waals surface area contributed by atoms with Crippen LogP contribution in [0.1, 0.15) is 156 Å². The fourth-order valence-corrected chi connectivity index (χ4v) is 4.74. The number of ketones is 1. The molecule has 0 saturated carbocycles. The van der Waals surface area contributed by atoms with E-state index in [0.717, 1.165) is 63.7 Å². The molecule has 0 radical (unpaired) electrons. The Labute approximate surface area is 275 Å². The van der Waals surface area contributed by atoms with E-state index in [1.165, 1.54) is 51.4 Å². The second kappa shape index (κ2) is 32.9. The van der Waals surface area contributed by atoms with Crippen LogP contribution in [0.15, 0.2) is 48.6 Å². The summed E-state index contributed by atoms with van der Waals surface area (Å²) in [5.74, 6) is 0.309. The topological polar surface area (TPSA) is 89.9 Å². The molecule has 0 aromatic carbocycles. The van der Waals surface area contributed by atoms with Gasteiger partial charge >= 0.3 is 11.9 Å². The Morgan fingerprint density at radius 2 is 1.22 bits per heavy atom. The van der Waals surface area contributed by atoms with Crippen LogP contribution >= 0.6 is 0 Å². The molecule has 0 heterocycles. The van der Waals surface area contributed by atoms with Crippen LogP contribution in [0, 0.1) is 5.92 Å². The van der Waals surface area contributed by atoms with Gasteiger partial charge in [-0.1, -0.05) is 140 Å². The molecule has 0 fully saturated rings. The fourth-order valence-electron chi connectivity index (χ4n) is 4.74. The van der Waals surface area contributed by atoms with Crippen LogP contribution in [0.4, 0.5) is 0 Å². The third-order valence-corrected chi connectivity index (χ3v) is 7.53. The SMILES string of the molecule is CCCCCC(=O)/C=C/C=C\C/C=C\C/C=C\CCCC(=O)OC[C@H](CO)OC(=O)CCCCCCCCCCCCC(C)C. The summed E-state index contributed by atoms with van der Waals surface area (Å²) in [5, 5.41) is 9.51. The second-order valence-electron chi connectivity index (χ2n) is 12.5. The smallest absolute Gasteiger partial charge is 0.306 e. The third kappa shape index (κ3) is 32.7. The fraction of sp³-hybridized carbons (Fsp3) is 0.718. The van der Waals surface area contributed by atoms with Crippen LogP contribution in [-0.4, -0.2) is 42.1 Å². The maximum atomic E-state index is 12.1. The van der Waals surface area contributed by atoms with Crippen molar-refractivity contribution in [2.75, 3.05) is 13.2 Å². The van der Waals surface area contributed by atoms with Crippen LogP contribution in [-0.2, 0) is 23.9 Å². The highest BCUT2D eigenvalue weighted by Gasteiger charge is 2.16. The van der Waals surface area contributed by atoms with Gasteiger partial charge in [0.05, 0.1) is 6.61 Å². The highest BCUT2D eigenvalue weighted by atomic mass is 16.6. The van der Waals surface area contributed by atoms with Gasteiger partial charge < -0.3 is 14.6 Å². The lowest BCUT2D eigenvalue weighted by molar-refractivity contribution is -0.161. The molecular weight excluding hydrogens is 564 g/mol. The predicted molar refractivity (Wildman–Crippen MR) is 187 cm³/mol. The maximum Gasteiger partial charge on any atom is 0.306 e. The van der Waals surface area contributed by atoms with Gasteiger partial charge in [0.15, 0.2) is 11.9 Å². The Kier molecular flexibility index (Phi) is 31.1. The Balaban J connectivity index is 3.75. The molecule has 0 aromatic heterocycles. The van der Waals surface area contributed by atoms with E-state index in [9.17, 15) is 19.5 Å². The lowest BCUT2D eigenvalue weighted by Crippen LogP contribution is -2.28. The summed E-state index contributed by atoms with van der Waals surface area (Å²) < 4.78 is 10.5. The van der Waals surface area contributed by atoms with E-state index in [0.29, 0.717) is 19.3 Å². The summed E-state index contributed by atoms with van der Waals surface area (Å²) in [6.07, 6.45) is 35.8. The third-order valence-electron chi connectivity index (χ3n) is 7.53. The van der Waals surface area contributed by atoms with Crippen LogP contribution in [0.3, 0.4) is 0 Å². The molecule has 0 aliphatic heterocycles. The van der Waals surface area contributed by atoms with Gasteiger partial charge in [-0.15, -0.1) is 0 Å². The summed E-state index contributed by atoms with van der Waals surface area (Å²) >= 11 is 0. The van der Waals surface area contributed by atoms with Crippen molar-refractivity contribution in [3.05, 3.63) is 48.6 Å². The quantitative estimate of drug-likeness (QED) is 0.0269. The van der Waals surface area contributed by atoms with E-state index >= 15 is 0 Å². The normalized spacial score (nSPS) is 12.7. The Morgan fingerprint density at radius 1 is 0.644 bits per heavy atom. The number of allylic oxidation sites excluding steroid dienone is 8. The van der Waals surface area contributed by atoms with Gasteiger partial charge in [-0.05, 0) is 50.5 Å². The summed E-state index contributed by atoms with van der Waals surface area (Å²) in [7, 11) is 0. The van der Waals surface area contributed by atoms with Crippen molar-refractivity contribution in [2.45, 2.75) is 162 Å². The van der Waals surface area contributed by atoms with Gasteiger partial charge in [0.2, 0.25) is 0 Å². The number of unbranched alkanes of at least 4 members (excludes halogenated alkanes) is 12. The molecule has 6 nitrogen and oxygen atoms in total. The van der Waals surface area contributed by atoms with Crippen molar-refractivity contribution in [3.8, 4) is 0 Å². The molecule has 0 amide bonds. The van der Waals surface area contributed by atoms with Crippen molar-refractivity contribution in [1.82, 2.24) is 0 Å². The number of rotatable bonds is 31. The van der Waals surface area contributed by atoms with Crippen LogP contribution < -0.4 is 0 Å². The summed E-state index contributed by atoms with van der Waals surface area (Å²) in [4.78, 5) is 35.8. The first-order valence-electron chi connectivity index (χ1n) is 18.0. The zero-order valence-electron chi connectivity index (χ0n) is 29.0. The Morgan fingerprint density at radius 3 is 1.87 bits per heavy atom. The second-order valence-corrected chi connectivity index (χ2v) is 12.5. The van der Waals surface area contributed by atoms with E-state index in [1.54, 1.807) is 6.08 Å². The number of hydrogen-bond donors (Lipinski definition) is 1. The highest BCUT2D eigenvalue weighted by molar-refractivity contribution is 5.89. The Hall–Kier alpha value is -2.47. The number of ether oxygens (including phenoxy) is 2. The molecule has 1 N–H and O–H groups in total. The van der Waals surface area contributed by atoms with Crippen molar-refractivity contribution in [1.29, 1.82) is 0 Å². The molecule has 258 valence electrons. The zero-order chi connectivity index (χ0) is 33.2. The van der Waals surface area contributed by atoms with Gasteiger partial charge in [-0.25, -0.2) is 0 Å². The first kappa shape index (κ1) is 42.5. The van der Waals surface area contributed by atoms with Crippen molar-refractivity contribution >= 4 is 17.7 Å². The summed E-state index contributed by atoms with van der Waals surface area (Å²) in [6.45, 7) is 6.23. The van der Waals surface area contributed by atoms with E-state index in [1.807, 2.05) is 18.2 Å². The summed E-state index contributed by atoms with van der Waals surface area (Å²) in [5.41, 5.74) is 0. The molecule has 0 spiro atoms. The van der Waals surface area contributed by atoms with Gasteiger partial charge in [0.1, 0.15) is 6.61 Å². The van der Waals surface area contributed by atoms with Gasteiger partial charge in [-0.2, -0.15) is 0 Å². The largest absolute Gasteiger partial charge is 0.462 e. The average molecular weight is 631 g/mol. The molecule has 45 heavy (non-hydrogen) atoms. The molecule has 0 bridgehead atoms. The molecule has 0 aromatic rings. The number of aliphatic hydroxyl groups excluding tert-OH is 1. The van der Waals surface area contributed by atoms with Crippen molar-refractivity contribution < 1.29 is 29.0 Å². The number of carbonyl (C=O) groups is 3. The van der Waals surface area contributed by atoms with E-state index in [4.69, 9.17) is 9.47 Å². The Bertz CT molecular complexity index is 838. The van der Waals surface area contributed by atoms with Gasteiger partial charge in [0, 0.05) is 19.3 Å². The first-order valence-corrected chi connectivity index (χ1v) is 18.0. The minimum Gasteiger partial charge on any atom is -0.462 e. The molecular formula is C39H66O6. The monoisotopic (exact) mass is 630 g/mol. The van der Waals surface area contributed by atoms with Crippen molar-refractivity contribution in [3.63, 3.8) is 0 Å². The molecule has 0 unspecified atom stereocenters. The molecule has 0 aliphatic rings. The number of esters is 2.